The molecule has 0 fully saturated rings. The second-order valence-electron chi connectivity index (χ2n) is 5.51. The molecule has 0 saturated heterocycles. The van der Waals surface area contributed by atoms with Crippen LogP contribution in [0.15, 0.2) is 60.3 Å². The van der Waals surface area contributed by atoms with Crippen molar-refractivity contribution in [2.24, 2.45) is 0 Å². The molecule has 0 radical (unpaired) electrons. The van der Waals surface area contributed by atoms with E-state index >= 15 is 0 Å². The number of benzene rings is 2. The first kappa shape index (κ1) is 15.9. The van der Waals surface area contributed by atoms with Gasteiger partial charge in [-0.25, -0.2) is 4.39 Å². The van der Waals surface area contributed by atoms with E-state index in [9.17, 15) is 14.0 Å². The quantitative estimate of drug-likeness (QED) is 0.857. The molecule has 1 heterocycles. The summed E-state index contributed by atoms with van der Waals surface area (Å²) in [5, 5.41) is 2.99. The topological polar surface area (TPSA) is 49.4 Å². The minimum Gasteiger partial charge on any atom is -0.350 e. The van der Waals surface area contributed by atoms with Gasteiger partial charge >= 0.3 is 0 Å². The van der Waals surface area contributed by atoms with Gasteiger partial charge in [0, 0.05) is 12.2 Å². The van der Waals surface area contributed by atoms with Gasteiger partial charge < -0.3 is 5.32 Å². The minimum absolute atomic E-state index is 0.228. The predicted octanol–water partition coefficient (Wildman–Crippen LogP) is 3.43. The van der Waals surface area contributed by atoms with Crippen LogP contribution in [0.3, 0.4) is 0 Å². The van der Waals surface area contributed by atoms with E-state index in [4.69, 9.17) is 0 Å². The fraction of sp³-hybridized carbons (Fsp3) is 0.158. The van der Waals surface area contributed by atoms with Crippen molar-refractivity contribution in [2.45, 2.75) is 13.3 Å². The van der Waals surface area contributed by atoms with Gasteiger partial charge in [0.25, 0.3) is 11.8 Å². The fourth-order valence-electron chi connectivity index (χ4n) is 2.67. The molecule has 0 saturated carbocycles. The Labute approximate surface area is 139 Å². The number of carbonyl (C=O) groups is 2. The third-order valence-corrected chi connectivity index (χ3v) is 3.79. The maximum Gasteiger partial charge on any atom is 0.278 e. The van der Waals surface area contributed by atoms with Crippen LogP contribution in [0.1, 0.15) is 18.9 Å². The van der Waals surface area contributed by atoms with Gasteiger partial charge in [0.2, 0.25) is 0 Å². The Morgan fingerprint density at radius 2 is 1.62 bits per heavy atom. The number of anilines is 1. The minimum atomic E-state index is -0.362. The van der Waals surface area contributed by atoms with Gasteiger partial charge in [-0.1, -0.05) is 37.3 Å². The van der Waals surface area contributed by atoms with Crippen LogP contribution in [0.4, 0.5) is 10.1 Å². The van der Waals surface area contributed by atoms with E-state index in [1.54, 1.807) is 12.1 Å². The number of hydrogen-bond donors (Lipinski definition) is 1. The van der Waals surface area contributed by atoms with Crippen LogP contribution in [0.25, 0.3) is 5.57 Å². The maximum absolute atomic E-state index is 13.1. The molecule has 0 bridgehead atoms. The lowest BCUT2D eigenvalue weighted by atomic mass is 10.0. The van der Waals surface area contributed by atoms with E-state index in [-0.39, 0.29) is 23.3 Å². The summed E-state index contributed by atoms with van der Waals surface area (Å²) in [5.41, 5.74) is 1.81. The summed E-state index contributed by atoms with van der Waals surface area (Å²) in [7, 11) is 0. The number of hydrogen-bond acceptors (Lipinski definition) is 3. The molecule has 24 heavy (non-hydrogen) atoms. The number of carbonyl (C=O) groups excluding carboxylic acids is 2. The van der Waals surface area contributed by atoms with Crippen LogP contribution in [-0.4, -0.2) is 23.3 Å². The van der Waals surface area contributed by atoms with Gasteiger partial charge in [-0.3, -0.25) is 14.5 Å². The summed E-state index contributed by atoms with van der Waals surface area (Å²) in [5.74, 6) is -1.03. The van der Waals surface area contributed by atoms with Gasteiger partial charge in [0.15, 0.2) is 0 Å². The zero-order valence-corrected chi connectivity index (χ0v) is 13.3. The molecule has 122 valence electrons. The van der Waals surface area contributed by atoms with Crippen molar-refractivity contribution in [1.29, 1.82) is 0 Å². The molecule has 0 spiro atoms. The smallest absolute Gasteiger partial charge is 0.278 e. The molecule has 0 aliphatic carbocycles. The average Bonchev–Trinajstić information content (AvgIpc) is 2.82. The molecule has 2 aromatic rings. The predicted molar refractivity (Wildman–Crippen MR) is 90.4 cm³/mol. The van der Waals surface area contributed by atoms with Crippen molar-refractivity contribution in [3.05, 3.63) is 71.7 Å². The summed E-state index contributed by atoms with van der Waals surface area (Å²) in [6, 6.07) is 14.7. The molecular weight excluding hydrogens is 307 g/mol. The van der Waals surface area contributed by atoms with Crippen LogP contribution in [0.2, 0.25) is 0 Å². The molecule has 1 N–H and O–H groups in total. The molecule has 2 amide bonds. The molecule has 1 aliphatic rings. The number of amides is 2. The average molecular weight is 324 g/mol. The van der Waals surface area contributed by atoms with E-state index < -0.39 is 0 Å². The second-order valence-corrected chi connectivity index (χ2v) is 5.51. The number of nitrogens with zero attached hydrogens (tertiary/aromatic N) is 1. The van der Waals surface area contributed by atoms with E-state index in [1.807, 2.05) is 25.1 Å². The van der Waals surface area contributed by atoms with Gasteiger partial charge in [-0.05, 0) is 36.2 Å². The van der Waals surface area contributed by atoms with Gasteiger partial charge in [-0.15, -0.1) is 0 Å². The lowest BCUT2D eigenvalue weighted by molar-refractivity contribution is -0.136. The van der Waals surface area contributed by atoms with Gasteiger partial charge in [-0.2, -0.15) is 0 Å². The second kappa shape index (κ2) is 6.66. The highest BCUT2D eigenvalue weighted by Gasteiger charge is 2.38. The van der Waals surface area contributed by atoms with Crippen molar-refractivity contribution in [3.8, 4) is 0 Å². The largest absolute Gasteiger partial charge is 0.350 e. The Bertz CT molecular complexity index is 798. The summed E-state index contributed by atoms with van der Waals surface area (Å²) in [6.45, 7) is 2.27. The highest BCUT2D eigenvalue weighted by atomic mass is 19.1. The zero-order chi connectivity index (χ0) is 17.1. The monoisotopic (exact) mass is 324 g/mol. The lowest BCUT2D eigenvalue weighted by Crippen LogP contribution is -2.33. The van der Waals surface area contributed by atoms with E-state index in [1.165, 1.54) is 29.2 Å². The first-order valence-corrected chi connectivity index (χ1v) is 7.80. The maximum atomic E-state index is 13.1. The highest BCUT2D eigenvalue weighted by Crippen LogP contribution is 2.30. The van der Waals surface area contributed by atoms with Crippen molar-refractivity contribution >= 4 is 23.1 Å². The molecule has 5 heteroatoms. The third kappa shape index (κ3) is 2.93. The standard InChI is InChI=1S/C19H17FN2O2/c1-2-12-22-18(23)16(13-6-4-3-5-7-13)17(19(22)24)21-15-10-8-14(20)9-11-15/h3-11,21H,2,12H2,1H3. The SMILES string of the molecule is CCCN1C(=O)C(Nc2ccc(F)cc2)=C(c2ccccc2)C1=O. The molecule has 0 unspecified atom stereocenters. The van der Waals surface area contributed by atoms with E-state index in [0.717, 1.165) is 0 Å². The van der Waals surface area contributed by atoms with E-state index in [2.05, 4.69) is 5.32 Å². The first-order valence-electron chi connectivity index (χ1n) is 7.80. The van der Waals surface area contributed by atoms with Crippen LogP contribution in [0.5, 0.6) is 0 Å². The van der Waals surface area contributed by atoms with E-state index in [0.29, 0.717) is 29.8 Å². The van der Waals surface area contributed by atoms with Crippen molar-refractivity contribution < 1.29 is 14.0 Å². The molecule has 0 atom stereocenters. The Morgan fingerprint density at radius 1 is 0.958 bits per heavy atom. The Hall–Kier alpha value is -2.95. The summed E-state index contributed by atoms with van der Waals surface area (Å²) in [6.07, 6.45) is 0.684. The molecule has 4 nitrogen and oxygen atoms in total. The third-order valence-electron chi connectivity index (χ3n) is 3.79. The van der Waals surface area contributed by atoms with Gasteiger partial charge in [0.1, 0.15) is 11.5 Å². The molecule has 2 aromatic carbocycles. The number of halogens is 1. The van der Waals surface area contributed by atoms with Crippen molar-refractivity contribution in [1.82, 2.24) is 4.90 Å². The molecule has 0 aromatic heterocycles. The van der Waals surface area contributed by atoms with Crippen LogP contribution in [0, 0.1) is 5.82 Å². The normalized spacial score (nSPS) is 14.5. The molecule has 3 rings (SSSR count). The molecule has 1 aliphatic heterocycles. The number of imide groups is 1. The summed E-state index contributed by atoms with van der Waals surface area (Å²) >= 11 is 0. The Kier molecular flexibility index (Phi) is 4.42. The zero-order valence-electron chi connectivity index (χ0n) is 13.3. The number of nitrogens with one attached hydrogen (secondary N) is 1. The fourth-order valence-corrected chi connectivity index (χ4v) is 2.67. The molecular formula is C19H17FN2O2. The highest BCUT2D eigenvalue weighted by molar-refractivity contribution is 6.36. The van der Waals surface area contributed by atoms with Gasteiger partial charge in [0.05, 0.1) is 5.57 Å². The van der Waals surface area contributed by atoms with Crippen molar-refractivity contribution in [3.63, 3.8) is 0 Å². The van der Waals surface area contributed by atoms with Crippen molar-refractivity contribution in [2.75, 3.05) is 11.9 Å². The Morgan fingerprint density at radius 3 is 2.25 bits per heavy atom. The first-order chi connectivity index (χ1) is 11.6. The summed E-state index contributed by atoms with van der Waals surface area (Å²) in [4.78, 5) is 26.6. The van der Waals surface area contributed by atoms with Crippen LogP contribution in [-0.2, 0) is 9.59 Å². The lowest BCUT2D eigenvalue weighted by Gasteiger charge is -2.13. The number of rotatable bonds is 5. The van der Waals surface area contributed by atoms with Crippen LogP contribution >= 0.6 is 0 Å². The summed E-state index contributed by atoms with van der Waals surface area (Å²) < 4.78 is 13.1. The Balaban J connectivity index is 2.04. The van der Waals surface area contributed by atoms with Crippen LogP contribution < -0.4 is 5.32 Å².